The van der Waals surface area contributed by atoms with Gasteiger partial charge in [-0.25, -0.2) is 4.98 Å². The summed E-state index contributed by atoms with van der Waals surface area (Å²) in [6.07, 6.45) is 0. The second-order valence-corrected chi connectivity index (χ2v) is 8.55. The zero-order valence-electron chi connectivity index (χ0n) is 15.1. The SMILES string of the molecule is NCCNc1nc2sc(C(=O)Nc3ccc(Oc4ccc(Cl)cc4)cc3)cc2s1. The fourth-order valence-corrected chi connectivity index (χ4v) is 4.70. The Labute approximate surface area is 180 Å². The third-order valence-electron chi connectivity index (χ3n) is 3.90. The van der Waals surface area contributed by atoms with Crippen molar-refractivity contribution in [2.75, 3.05) is 23.7 Å². The van der Waals surface area contributed by atoms with Crippen LogP contribution < -0.4 is 21.1 Å². The number of nitrogens with zero attached hydrogens (tertiary/aromatic N) is 1. The minimum Gasteiger partial charge on any atom is -0.457 e. The Morgan fingerprint density at radius 3 is 2.41 bits per heavy atom. The van der Waals surface area contributed by atoms with Crippen LogP contribution in [0.3, 0.4) is 0 Å². The van der Waals surface area contributed by atoms with E-state index >= 15 is 0 Å². The first-order chi connectivity index (χ1) is 14.1. The number of thiazole rings is 1. The maximum Gasteiger partial charge on any atom is 0.265 e. The van der Waals surface area contributed by atoms with Crippen LogP contribution in [-0.4, -0.2) is 24.0 Å². The average Bonchev–Trinajstić information content (AvgIpc) is 3.28. The smallest absolute Gasteiger partial charge is 0.265 e. The van der Waals surface area contributed by atoms with Gasteiger partial charge in [-0.15, -0.1) is 11.3 Å². The van der Waals surface area contributed by atoms with Gasteiger partial charge in [-0.2, -0.15) is 0 Å². The zero-order chi connectivity index (χ0) is 20.2. The van der Waals surface area contributed by atoms with Crippen molar-refractivity contribution in [1.82, 2.24) is 4.98 Å². The van der Waals surface area contributed by atoms with Crippen LogP contribution in [-0.2, 0) is 0 Å². The third-order valence-corrected chi connectivity index (χ3v) is 6.26. The normalized spacial score (nSPS) is 10.8. The summed E-state index contributed by atoms with van der Waals surface area (Å²) in [7, 11) is 0. The molecule has 0 aliphatic rings. The van der Waals surface area contributed by atoms with Crippen LogP contribution in [0.1, 0.15) is 9.67 Å². The number of fused-ring (bicyclic) bond motifs is 1. The summed E-state index contributed by atoms with van der Waals surface area (Å²) in [6.45, 7) is 1.22. The molecule has 0 atom stereocenters. The number of aromatic nitrogens is 1. The summed E-state index contributed by atoms with van der Waals surface area (Å²) >= 11 is 8.75. The monoisotopic (exact) mass is 444 g/mol. The number of hydrogen-bond acceptors (Lipinski definition) is 7. The highest BCUT2D eigenvalue weighted by molar-refractivity contribution is 7.29. The van der Waals surface area contributed by atoms with Crippen molar-refractivity contribution in [2.24, 2.45) is 5.73 Å². The Hall–Kier alpha value is -2.65. The van der Waals surface area contributed by atoms with Gasteiger partial charge in [-0.1, -0.05) is 22.9 Å². The first kappa shape index (κ1) is 19.7. The van der Waals surface area contributed by atoms with Gasteiger partial charge in [-0.3, -0.25) is 4.79 Å². The molecule has 4 rings (SSSR count). The highest BCUT2D eigenvalue weighted by atomic mass is 35.5. The number of carbonyl (C=O) groups excluding carboxylic acids is 1. The van der Waals surface area contributed by atoms with Crippen LogP contribution in [0.5, 0.6) is 11.5 Å². The predicted octanol–water partition coefficient (Wildman–Crippen LogP) is 5.43. The lowest BCUT2D eigenvalue weighted by Gasteiger charge is -2.07. The second-order valence-electron chi connectivity index (χ2n) is 6.05. The number of thiophene rings is 1. The number of benzene rings is 2. The van der Waals surface area contributed by atoms with E-state index in [1.54, 1.807) is 48.5 Å². The molecular formula is C20H17ClN4O2S2. The molecule has 0 radical (unpaired) electrons. The van der Waals surface area contributed by atoms with Crippen LogP contribution in [0.15, 0.2) is 54.6 Å². The largest absolute Gasteiger partial charge is 0.457 e. The van der Waals surface area contributed by atoms with E-state index in [0.29, 0.717) is 40.2 Å². The molecular weight excluding hydrogens is 428 g/mol. The van der Waals surface area contributed by atoms with Gasteiger partial charge in [0.15, 0.2) is 5.13 Å². The Kier molecular flexibility index (Phi) is 5.96. The Morgan fingerprint density at radius 2 is 1.76 bits per heavy atom. The number of hydrogen-bond donors (Lipinski definition) is 3. The van der Waals surface area contributed by atoms with Crippen molar-refractivity contribution in [3.8, 4) is 11.5 Å². The fraction of sp³-hybridized carbons (Fsp3) is 0.100. The molecule has 148 valence electrons. The quantitative estimate of drug-likeness (QED) is 0.354. The summed E-state index contributed by atoms with van der Waals surface area (Å²) in [5.74, 6) is 1.20. The molecule has 0 aliphatic carbocycles. The predicted molar refractivity (Wildman–Crippen MR) is 121 cm³/mol. The molecule has 0 bridgehead atoms. The minimum absolute atomic E-state index is 0.164. The first-order valence-electron chi connectivity index (χ1n) is 8.80. The molecule has 0 unspecified atom stereocenters. The van der Waals surface area contributed by atoms with E-state index in [1.165, 1.54) is 22.7 Å². The molecule has 2 heterocycles. The van der Waals surface area contributed by atoms with Gasteiger partial charge in [-0.05, 0) is 54.6 Å². The Morgan fingerprint density at radius 1 is 1.07 bits per heavy atom. The number of amides is 1. The van der Waals surface area contributed by atoms with Crippen LogP contribution >= 0.6 is 34.3 Å². The maximum absolute atomic E-state index is 12.5. The van der Waals surface area contributed by atoms with Crippen molar-refractivity contribution in [1.29, 1.82) is 0 Å². The lowest BCUT2D eigenvalue weighted by Crippen LogP contribution is -2.12. The molecule has 9 heteroatoms. The lowest BCUT2D eigenvalue weighted by atomic mass is 10.3. The van der Waals surface area contributed by atoms with Crippen LogP contribution in [0.2, 0.25) is 5.02 Å². The molecule has 0 fully saturated rings. The molecule has 1 amide bonds. The maximum atomic E-state index is 12.5. The van der Waals surface area contributed by atoms with Gasteiger partial charge >= 0.3 is 0 Å². The number of carbonyl (C=O) groups is 1. The van der Waals surface area contributed by atoms with Gasteiger partial charge in [0.25, 0.3) is 5.91 Å². The number of anilines is 2. The highest BCUT2D eigenvalue weighted by Crippen LogP contribution is 2.33. The Bertz CT molecular complexity index is 1090. The van der Waals surface area contributed by atoms with Crippen molar-refractivity contribution in [3.63, 3.8) is 0 Å². The van der Waals surface area contributed by atoms with E-state index in [2.05, 4.69) is 15.6 Å². The number of nitrogens with two attached hydrogens (primary N) is 1. The van der Waals surface area contributed by atoms with Crippen molar-refractivity contribution in [3.05, 3.63) is 64.5 Å². The molecule has 2 aromatic carbocycles. The standard InChI is InChI=1S/C20H17ClN4O2S2/c21-12-1-5-14(6-2-12)27-15-7-3-13(4-8-15)24-18(26)16-11-17-19(28-16)25-20(29-17)23-10-9-22/h1-8,11H,9-10,22H2,(H,23,25)(H,24,26). The summed E-state index contributed by atoms with van der Waals surface area (Å²) in [5.41, 5.74) is 6.18. The molecule has 4 N–H and O–H groups in total. The van der Waals surface area contributed by atoms with E-state index in [4.69, 9.17) is 22.1 Å². The van der Waals surface area contributed by atoms with Crippen LogP contribution in [0.4, 0.5) is 10.8 Å². The van der Waals surface area contributed by atoms with Crippen LogP contribution in [0.25, 0.3) is 9.53 Å². The zero-order valence-corrected chi connectivity index (χ0v) is 17.5. The van der Waals surface area contributed by atoms with E-state index in [1.807, 2.05) is 6.07 Å². The van der Waals surface area contributed by atoms with E-state index < -0.39 is 0 Å². The first-order valence-corrected chi connectivity index (χ1v) is 10.8. The molecule has 0 aliphatic heterocycles. The van der Waals surface area contributed by atoms with Gasteiger partial charge < -0.3 is 21.1 Å². The van der Waals surface area contributed by atoms with Crippen LogP contribution in [0, 0.1) is 0 Å². The lowest BCUT2D eigenvalue weighted by molar-refractivity contribution is 0.103. The number of nitrogens with one attached hydrogen (secondary N) is 2. The minimum atomic E-state index is -0.164. The van der Waals surface area contributed by atoms with Gasteiger partial charge in [0.05, 0.1) is 9.58 Å². The molecule has 4 aromatic rings. The summed E-state index contributed by atoms with van der Waals surface area (Å²) < 4.78 is 6.73. The third kappa shape index (κ3) is 4.86. The number of rotatable bonds is 7. The summed E-state index contributed by atoms with van der Waals surface area (Å²) in [5, 5.41) is 7.53. The van der Waals surface area contributed by atoms with Gasteiger partial charge in [0, 0.05) is 23.8 Å². The van der Waals surface area contributed by atoms with Gasteiger partial charge in [0.2, 0.25) is 0 Å². The molecule has 29 heavy (non-hydrogen) atoms. The van der Waals surface area contributed by atoms with Crippen molar-refractivity contribution in [2.45, 2.75) is 0 Å². The van der Waals surface area contributed by atoms with Crippen molar-refractivity contribution < 1.29 is 9.53 Å². The summed E-state index contributed by atoms with van der Waals surface area (Å²) in [6, 6.07) is 16.2. The van der Waals surface area contributed by atoms with E-state index in [9.17, 15) is 4.79 Å². The molecule has 2 aromatic heterocycles. The van der Waals surface area contributed by atoms with Crippen molar-refractivity contribution >= 4 is 60.5 Å². The van der Waals surface area contributed by atoms with E-state index in [0.717, 1.165) is 14.7 Å². The highest BCUT2D eigenvalue weighted by Gasteiger charge is 2.14. The summed E-state index contributed by atoms with van der Waals surface area (Å²) in [4.78, 5) is 18.5. The number of ether oxygens (including phenoxy) is 1. The molecule has 0 saturated carbocycles. The number of halogens is 1. The van der Waals surface area contributed by atoms with Gasteiger partial charge in [0.1, 0.15) is 16.3 Å². The second kappa shape index (κ2) is 8.79. The fourth-order valence-electron chi connectivity index (χ4n) is 2.54. The van der Waals surface area contributed by atoms with E-state index in [-0.39, 0.29) is 5.91 Å². The molecule has 0 saturated heterocycles. The molecule has 6 nitrogen and oxygen atoms in total. The Balaban J connectivity index is 1.39. The average molecular weight is 445 g/mol. The topological polar surface area (TPSA) is 89.3 Å². The molecule has 0 spiro atoms.